The number of rotatable bonds is 3. The maximum atomic E-state index is 13.9. The maximum Gasteiger partial charge on any atom is 0.227 e. The van der Waals surface area contributed by atoms with Gasteiger partial charge in [-0.25, -0.2) is 18.2 Å². The number of halogens is 3. The molecule has 4 rings (SSSR count). The molecule has 146 valence electrons. The molecule has 1 saturated heterocycles. The number of carbonyl (C=O) groups excluding carboxylic acids is 1. The predicted molar refractivity (Wildman–Crippen MR) is 99.4 cm³/mol. The molecule has 0 saturated carbocycles. The van der Waals surface area contributed by atoms with E-state index < -0.39 is 17.5 Å². The molecule has 3 aromatic rings. The summed E-state index contributed by atoms with van der Waals surface area (Å²) in [6.45, 7) is 3.03. The Balaban J connectivity index is 1.50. The molecule has 2 heterocycles. The monoisotopic (exact) mass is 387 g/mol. The highest BCUT2D eigenvalue weighted by atomic mass is 19.2. The van der Waals surface area contributed by atoms with E-state index in [1.807, 2.05) is 25.1 Å². The molecule has 4 nitrogen and oxygen atoms in total. The quantitative estimate of drug-likeness (QED) is 0.684. The summed E-state index contributed by atoms with van der Waals surface area (Å²) in [5, 5.41) is 0. The van der Waals surface area contributed by atoms with Crippen molar-refractivity contribution >= 4 is 16.9 Å². The summed E-state index contributed by atoms with van der Waals surface area (Å²) in [6.07, 6.45) is 1.39. The minimum absolute atomic E-state index is 0.0557. The number of fused-ring (bicyclic) bond motifs is 1. The Kier molecular flexibility index (Phi) is 4.83. The van der Waals surface area contributed by atoms with Gasteiger partial charge in [-0.3, -0.25) is 4.79 Å². The Morgan fingerprint density at radius 1 is 1.18 bits per heavy atom. The standard InChI is InChI=1S/C21H20F3N3O/c1-12-4-5-18-19(7-12)26-21(25-18)13-3-2-6-27(11-13)20(28)9-14-8-16(23)17(24)10-15(14)22/h4-5,7-8,10,13H,2-3,6,9,11H2,1H3,(H,25,26)/t13-/m0/s1. The van der Waals surface area contributed by atoms with E-state index in [1.54, 1.807) is 4.90 Å². The van der Waals surface area contributed by atoms with E-state index in [4.69, 9.17) is 0 Å². The van der Waals surface area contributed by atoms with Gasteiger partial charge in [-0.1, -0.05) is 6.07 Å². The average molecular weight is 387 g/mol. The van der Waals surface area contributed by atoms with Gasteiger partial charge in [0.2, 0.25) is 5.91 Å². The van der Waals surface area contributed by atoms with Crippen LogP contribution in [-0.4, -0.2) is 33.9 Å². The largest absolute Gasteiger partial charge is 0.342 e. The zero-order valence-corrected chi connectivity index (χ0v) is 15.4. The molecule has 2 aromatic carbocycles. The van der Waals surface area contributed by atoms with Crippen LogP contribution in [0.4, 0.5) is 13.2 Å². The van der Waals surface area contributed by atoms with Crippen LogP contribution in [0.1, 0.15) is 35.7 Å². The summed E-state index contributed by atoms with van der Waals surface area (Å²) in [4.78, 5) is 22.3. The molecule has 1 atom stereocenters. The van der Waals surface area contributed by atoms with Crippen LogP contribution in [-0.2, 0) is 11.2 Å². The minimum atomic E-state index is -1.26. The second kappa shape index (κ2) is 7.30. The Labute approximate surface area is 160 Å². The van der Waals surface area contributed by atoms with Crippen molar-refractivity contribution in [1.29, 1.82) is 0 Å². The van der Waals surface area contributed by atoms with E-state index in [2.05, 4.69) is 9.97 Å². The lowest BCUT2D eigenvalue weighted by molar-refractivity contribution is -0.131. The summed E-state index contributed by atoms with van der Waals surface area (Å²) in [7, 11) is 0. The number of benzene rings is 2. The number of amides is 1. The molecule has 1 fully saturated rings. The van der Waals surface area contributed by atoms with Crippen LogP contribution in [0, 0.1) is 24.4 Å². The smallest absolute Gasteiger partial charge is 0.227 e. The van der Waals surface area contributed by atoms with Gasteiger partial charge in [0.25, 0.3) is 0 Å². The number of nitrogens with zero attached hydrogens (tertiary/aromatic N) is 2. The van der Waals surface area contributed by atoms with Crippen molar-refractivity contribution in [3.8, 4) is 0 Å². The van der Waals surface area contributed by atoms with Crippen molar-refractivity contribution in [2.75, 3.05) is 13.1 Å². The van der Waals surface area contributed by atoms with Gasteiger partial charge < -0.3 is 9.88 Å². The molecular weight excluding hydrogens is 367 g/mol. The Bertz CT molecular complexity index is 1050. The second-order valence-electron chi connectivity index (χ2n) is 7.36. The van der Waals surface area contributed by atoms with Crippen LogP contribution in [0.3, 0.4) is 0 Å². The van der Waals surface area contributed by atoms with Crippen LogP contribution < -0.4 is 0 Å². The molecular formula is C21H20F3N3O. The summed E-state index contributed by atoms with van der Waals surface area (Å²) in [5.41, 5.74) is 2.84. The number of hydrogen-bond donors (Lipinski definition) is 1. The topological polar surface area (TPSA) is 49.0 Å². The number of aromatic amines is 1. The minimum Gasteiger partial charge on any atom is -0.342 e. The summed E-state index contributed by atoms with van der Waals surface area (Å²) in [5.74, 6) is -2.74. The highest BCUT2D eigenvalue weighted by molar-refractivity contribution is 5.79. The van der Waals surface area contributed by atoms with Gasteiger partial charge >= 0.3 is 0 Å². The highest BCUT2D eigenvalue weighted by Crippen LogP contribution is 2.27. The lowest BCUT2D eigenvalue weighted by atomic mass is 9.96. The summed E-state index contributed by atoms with van der Waals surface area (Å²) < 4.78 is 40.3. The van der Waals surface area contributed by atoms with Crippen LogP contribution >= 0.6 is 0 Å². The fourth-order valence-corrected chi connectivity index (χ4v) is 3.74. The first-order valence-electron chi connectivity index (χ1n) is 9.28. The zero-order valence-electron chi connectivity index (χ0n) is 15.4. The first kappa shape index (κ1) is 18.5. The SMILES string of the molecule is Cc1ccc2nc([C@H]3CCCN(C(=O)Cc4cc(F)c(F)cc4F)C3)[nH]c2c1. The van der Waals surface area contributed by atoms with Gasteiger partial charge in [0.15, 0.2) is 11.6 Å². The third-order valence-electron chi connectivity index (χ3n) is 5.25. The summed E-state index contributed by atoms with van der Waals surface area (Å²) in [6, 6.07) is 7.23. The lowest BCUT2D eigenvalue weighted by Gasteiger charge is -2.32. The zero-order chi connectivity index (χ0) is 19.8. The number of likely N-dealkylation sites (tertiary alicyclic amines) is 1. The first-order valence-corrected chi connectivity index (χ1v) is 9.28. The third-order valence-corrected chi connectivity index (χ3v) is 5.25. The van der Waals surface area contributed by atoms with Crippen molar-refractivity contribution in [3.05, 3.63) is 64.7 Å². The summed E-state index contributed by atoms with van der Waals surface area (Å²) >= 11 is 0. The average Bonchev–Trinajstić information content (AvgIpc) is 3.09. The third kappa shape index (κ3) is 3.61. The molecule has 1 aliphatic rings. The molecule has 28 heavy (non-hydrogen) atoms. The van der Waals surface area contributed by atoms with Crippen molar-refractivity contribution in [2.24, 2.45) is 0 Å². The Hall–Kier alpha value is -2.83. The number of imidazole rings is 1. The number of hydrogen-bond acceptors (Lipinski definition) is 2. The van der Waals surface area contributed by atoms with E-state index >= 15 is 0 Å². The fraction of sp³-hybridized carbons (Fsp3) is 0.333. The Morgan fingerprint density at radius 3 is 2.79 bits per heavy atom. The maximum absolute atomic E-state index is 13.9. The van der Waals surface area contributed by atoms with Crippen LogP contribution in [0.15, 0.2) is 30.3 Å². The van der Waals surface area contributed by atoms with Gasteiger partial charge in [0.05, 0.1) is 17.5 Å². The molecule has 7 heteroatoms. The molecule has 0 bridgehead atoms. The fourth-order valence-electron chi connectivity index (χ4n) is 3.74. The van der Waals surface area contributed by atoms with Gasteiger partial charge in [0, 0.05) is 30.6 Å². The van der Waals surface area contributed by atoms with E-state index in [0.29, 0.717) is 19.2 Å². The van der Waals surface area contributed by atoms with E-state index in [1.165, 1.54) is 0 Å². The molecule has 0 spiro atoms. The molecule has 0 radical (unpaired) electrons. The number of aromatic nitrogens is 2. The number of H-pyrrole nitrogens is 1. The van der Waals surface area contributed by atoms with Gasteiger partial charge in [0.1, 0.15) is 11.6 Å². The molecule has 1 N–H and O–H groups in total. The molecule has 1 aromatic heterocycles. The van der Waals surface area contributed by atoms with Crippen molar-refractivity contribution in [2.45, 2.75) is 32.1 Å². The molecule has 0 unspecified atom stereocenters. The first-order chi connectivity index (χ1) is 13.4. The predicted octanol–water partition coefficient (Wildman–Crippen LogP) is 4.24. The van der Waals surface area contributed by atoms with Gasteiger partial charge in [-0.05, 0) is 43.5 Å². The van der Waals surface area contributed by atoms with Crippen LogP contribution in [0.25, 0.3) is 11.0 Å². The number of piperidine rings is 1. The van der Waals surface area contributed by atoms with Crippen molar-refractivity contribution < 1.29 is 18.0 Å². The van der Waals surface area contributed by atoms with E-state index in [9.17, 15) is 18.0 Å². The van der Waals surface area contributed by atoms with E-state index in [0.717, 1.165) is 41.3 Å². The van der Waals surface area contributed by atoms with Gasteiger partial charge in [-0.2, -0.15) is 0 Å². The second-order valence-corrected chi connectivity index (χ2v) is 7.36. The number of carbonyl (C=O) groups is 1. The lowest BCUT2D eigenvalue weighted by Crippen LogP contribution is -2.40. The van der Waals surface area contributed by atoms with Crippen molar-refractivity contribution in [1.82, 2.24) is 14.9 Å². The van der Waals surface area contributed by atoms with Gasteiger partial charge in [-0.15, -0.1) is 0 Å². The normalized spacial score (nSPS) is 17.3. The van der Waals surface area contributed by atoms with Crippen molar-refractivity contribution in [3.63, 3.8) is 0 Å². The highest BCUT2D eigenvalue weighted by Gasteiger charge is 2.27. The Morgan fingerprint density at radius 2 is 1.96 bits per heavy atom. The van der Waals surface area contributed by atoms with Crippen LogP contribution in [0.5, 0.6) is 0 Å². The molecule has 0 aliphatic carbocycles. The van der Waals surface area contributed by atoms with E-state index in [-0.39, 0.29) is 23.8 Å². The number of nitrogens with one attached hydrogen (secondary N) is 1. The van der Waals surface area contributed by atoms with Crippen LogP contribution in [0.2, 0.25) is 0 Å². The molecule has 1 aliphatic heterocycles. The molecule has 1 amide bonds. The number of aryl methyl sites for hydroxylation is 1.